The summed E-state index contributed by atoms with van der Waals surface area (Å²) in [5, 5.41) is 0.112. The van der Waals surface area contributed by atoms with Crippen molar-refractivity contribution < 1.29 is 38.1 Å². The molecule has 2 aromatic heterocycles. The smallest absolute Gasteiger partial charge is 0.411 e. The summed E-state index contributed by atoms with van der Waals surface area (Å²) in [6, 6.07) is 22.3. The van der Waals surface area contributed by atoms with Gasteiger partial charge in [0, 0.05) is 11.8 Å². The van der Waals surface area contributed by atoms with Crippen LogP contribution in [0.2, 0.25) is 5.15 Å². The highest BCUT2D eigenvalue weighted by atomic mass is 35.5. The van der Waals surface area contributed by atoms with E-state index in [4.69, 9.17) is 30.5 Å². The van der Waals surface area contributed by atoms with Crippen molar-refractivity contribution in [2.75, 3.05) is 6.61 Å². The molecule has 3 heterocycles. The van der Waals surface area contributed by atoms with Crippen LogP contribution < -0.4 is 0 Å². The highest BCUT2D eigenvalue weighted by molar-refractivity contribution is 6.33. The van der Waals surface area contributed by atoms with Crippen LogP contribution >= 0.6 is 11.6 Å². The van der Waals surface area contributed by atoms with Crippen LogP contribution in [0.4, 0.5) is 4.79 Å². The molecule has 0 unspecified atom stereocenters. The Morgan fingerprint density at radius 2 is 1.28 bits per heavy atom. The van der Waals surface area contributed by atoms with Crippen LogP contribution in [0.15, 0.2) is 104 Å². The Kier molecular flexibility index (Phi) is 9.82. The Morgan fingerprint density at radius 3 is 1.82 bits per heavy atom. The lowest BCUT2D eigenvalue weighted by atomic mass is 10.0. The largest absolute Gasteiger partial charge is 0.460 e. The number of benzene rings is 3. The Morgan fingerprint density at radius 1 is 0.760 bits per heavy atom. The fourth-order valence-electron chi connectivity index (χ4n) is 5.77. The maximum atomic E-state index is 14.3. The van der Waals surface area contributed by atoms with Crippen LogP contribution in [0.25, 0.3) is 11.0 Å². The Bertz CT molecular complexity index is 2000. The number of aromatic amines is 1. The van der Waals surface area contributed by atoms with Gasteiger partial charge in [-0.05, 0) is 57.2 Å². The molecule has 12 nitrogen and oxygen atoms in total. The molecule has 0 bridgehead atoms. The zero-order chi connectivity index (χ0) is 35.4. The van der Waals surface area contributed by atoms with E-state index < -0.39 is 60.5 Å². The number of nitrogens with zero attached hydrogens (tertiary/aromatic N) is 3. The van der Waals surface area contributed by atoms with Gasteiger partial charge in [-0.2, -0.15) is 0 Å². The first-order valence-corrected chi connectivity index (χ1v) is 16.1. The van der Waals surface area contributed by atoms with E-state index in [1.54, 1.807) is 118 Å². The highest BCUT2D eigenvalue weighted by Crippen LogP contribution is 2.44. The second-order valence-corrected chi connectivity index (χ2v) is 12.8. The van der Waals surface area contributed by atoms with Crippen molar-refractivity contribution in [1.29, 1.82) is 0 Å². The third-order valence-electron chi connectivity index (χ3n) is 7.94. The van der Waals surface area contributed by atoms with Crippen LogP contribution in [-0.4, -0.2) is 74.3 Å². The number of ether oxygens (including phenoxy) is 4. The van der Waals surface area contributed by atoms with Gasteiger partial charge in [-0.15, -0.1) is 0 Å². The molecule has 256 valence electrons. The number of nitrogens with one attached hydrogen (secondary N) is 1. The number of rotatable bonds is 8. The Balaban J connectivity index is 1.51. The van der Waals surface area contributed by atoms with Crippen molar-refractivity contribution in [3.05, 3.63) is 131 Å². The molecule has 1 N–H and O–H groups in total. The van der Waals surface area contributed by atoms with Crippen molar-refractivity contribution >= 4 is 46.6 Å². The molecule has 6 rings (SSSR count). The van der Waals surface area contributed by atoms with Crippen molar-refractivity contribution in [2.24, 2.45) is 0 Å². The van der Waals surface area contributed by atoms with E-state index >= 15 is 0 Å². The lowest BCUT2D eigenvalue weighted by molar-refractivity contribution is -0.0373. The van der Waals surface area contributed by atoms with E-state index in [0.717, 1.165) is 0 Å². The molecule has 13 heteroatoms. The number of fused-ring (bicyclic) bond motifs is 1. The molecule has 50 heavy (non-hydrogen) atoms. The standard InChI is InChI=1S/C37H33ClN4O8/c1-37(2,3)50-36(46)42-26(20-47-33(43)22-13-7-4-8-14-22)30(48-34(44)23-15-9-5-10-16-23)31(49-35(45)24-17-11-6-12-18-24)29(42)25-19-39-28-27(25)40-21-41-32(28)38/h4-19,21,26,29-31,39H,20H2,1-3H3/t26-,29+,30-,31+/m1/s1. The molecule has 1 aliphatic heterocycles. The van der Waals surface area contributed by atoms with Gasteiger partial charge in [0.15, 0.2) is 17.4 Å². The minimum atomic E-state index is -1.38. The molecule has 0 saturated carbocycles. The number of esters is 3. The van der Waals surface area contributed by atoms with Crippen LogP contribution in [0.3, 0.4) is 0 Å². The Hall–Kier alpha value is -5.75. The van der Waals surface area contributed by atoms with Gasteiger partial charge in [-0.1, -0.05) is 66.2 Å². The van der Waals surface area contributed by atoms with Crippen LogP contribution in [0, 0.1) is 0 Å². The zero-order valence-electron chi connectivity index (χ0n) is 27.3. The van der Waals surface area contributed by atoms with Gasteiger partial charge in [-0.25, -0.2) is 29.1 Å². The average Bonchev–Trinajstić information content (AvgIpc) is 3.67. The molecular formula is C37H33ClN4O8. The van der Waals surface area contributed by atoms with E-state index in [0.29, 0.717) is 16.6 Å². The number of likely N-dealkylation sites (tertiary alicyclic amines) is 1. The summed E-state index contributed by atoms with van der Waals surface area (Å²) < 4.78 is 24.0. The molecule has 1 fully saturated rings. The SMILES string of the molecule is CC(C)(C)OC(=O)N1[C@H](COC(=O)c2ccccc2)[C@@H](OC(=O)c2ccccc2)[C@@H](OC(=O)c2ccccc2)[C@@H]1c1c[nH]c2c(Cl)ncnc12. The second-order valence-electron chi connectivity index (χ2n) is 12.5. The quantitative estimate of drug-likeness (QED) is 0.107. The normalized spacial score (nSPS) is 18.8. The van der Waals surface area contributed by atoms with E-state index in [1.807, 2.05) is 0 Å². The van der Waals surface area contributed by atoms with Crippen molar-refractivity contribution in [3.8, 4) is 0 Å². The molecule has 3 aromatic carbocycles. The third kappa shape index (κ3) is 7.30. The van der Waals surface area contributed by atoms with Crippen molar-refractivity contribution in [3.63, 3.8) is 0 Å². The minimum Gasteiger partial charge on any atom is -0.460 e. The molecule has 1 aliphatic rings. The summed E-state index contributed by atoms with van der Waals surface area (Å²) in [5.41, 5.74) is 0.745. The Labute approximate surface area is 292 Å². The predicted molar refractivity (Wildman–Crippen MR) is 182 cm³/mol. The molecule has 5 aromatic rings. The number of hydrogen-bond donors (Lipinski definition) is 1. The zero-order valence-corrected chi connectivity index (χ0v) is 28.1. The number of hydrogen-bond acceptors (Lipinski definition) is 10. The van der Waals surface area contributed by atoms with E-state index in [2.05, 4.69) is 15.0 Å². The topological polar surface area (TPSA) is 150 Å². The molecule has 4 atom stereocenters. The van der Waals surface area contributed by atoms with Gasteiger partial charge in [-0.3, -0.25) is 4.90 Å². The van der Waals surface area contributed by atoms with Crippen LogP contribution in [-0.2, 0) is 18.9 Å². The first-order chi connectivity index (χ1) is 24.0. The number of carbonyl (C=O) groups is 4. The first-order valence-electron chi connectivity index (χ1n) is 15.7. The second kappa shape index (κ2) is 14.4. The number of amides is 1. The van der Waals surface area contributed by atoms with Gasteiger partial charge >= 0.3 is 24.0 Å². The molecule has 0 spiro atoms. The van der Waals surface area contributed by atoms with Crippen molar-refractivity contribution in [1.82, 2.24) is 19.9 Å². The molecule has 1 saturated heterocycles. The summed E-state index contributed by atoms with van der Waals surface area (Å²) in [5.74, 6) is -2.19. The van der Waals surface area contributed by atoms with Crippen LogP contribution in [0.1, 0.15) is 63.5 Å². The summed E-state index contributed by atoms with van der Waals surface area (Å²) in [6.07, 6.45) is -0.775. The molecule has 0 aliphatic carbocycles. The number of aromatic nitrogens is 3. The number of carbonyl (C=O) groups excluding carboxylic acids is 4. The number of H-pyrrole nitrogens is 1. The van der Waals surface area contributed by atoms with E-state index in [9.17, 15) is 19.2 Å². The minimum absolute atomic E-state index is 0.112. The van der Waals surface area contributed by atoms with Crippen LogP contribution in [0.5, 0.6) is 0 Å². The van der Waals surface area contributed by atoms with Crippen molar-refractivity contribution in [2.45, 2.75) is 50.7 Å². The van der Waals surface area contributed by atoms with E-state index in [1.165, 1.54) is 11.2 Å². The first kappa shape index (κ1) is 34.1. The summed E-state index contributed by atoms with van der Waals surface area (Å²) >= 11 is 6.40. The van der Waals surface area contributed by atoms with Gasteiger partial charge in [0.2, 0.25) is 0 Å². The monoisotopic (exact) mass is 696 g/mol. The summed E-state index contributed by atoms with van der Waals surface area (Å²) in [6.45, 7) is 4.62. The molecule has 1 amide bonds. The number of halogens is 1. The van der Waals surface area contributed by atoms with E-state index in [-0.39, 0.29) is 21.8 Å². The lowest BCUT2D eigenvalue weighted by Crippen LogP contribution is -2.47. The maximum Gasteiger partial charge on any atom is 0.411 e. The molecule has 0 radical (unpaired) electrons. The van der Waals surface area contributed by atoms with Gasteiger partial charge < -0.3 is 23.9 Å². The lowest BCUT2D eigenvalue weighted by Gasteiger charge is -2.32. The molecular weight excluding hydrogens is 664 g/mol. The highest BCUT2D eigenvalue weighted by Gasteiger charge is 2.58. The summed E-state index contributed by atoms with van der Waals surface area (Å²) in [7, 11) is 0. The fourth-order valence-corrected chi connectivity index (χ4v) is 5.96. The van der Waals surface area contributed by atoms with Gasteiger partial charge in [0.25, 0.3) is 0 Å². The third-order valence-corrected chi connectivity index (χ3v) is 8.23. The van der Waals surface area contributed by atoms with Gasteiger partial charge in [0.05, 0.1) is 22.2 Å². The summed E-state index contributed by atoms with van der Waals surface area (Å²) in [4.78, 5) is 67.8. The maximum absolute atomic E-state index is 14.3. The predicted octanol–water partition coefficient (Wildman–Crippen LogP) is 6.58. The fraction of sp³-hybridized carbons (Fsp3) is 0.243. The average molecular weight is 697 g/mol. The van der Waals surface area contributed by atoms with Gasteiger partial charge in [0.1, 0.15) is 36.1 Å².